The molecule has 0 aliphatic heterocycles. The van der Waals surface area contributed by atoms with Crippen molar-refractivity contribution in [2.45, 2.75) is 26.4 Å². The van der Waals surface area contributed by atoms with Gasteiger partial charge in [0.2, 0.25) is 0 Å². The van der Waals surface area contributed by atoms with E-state index in [1.54, 1.807) is 38.3 Å². The van der Waals surface area contributed by atoms with Crippen LogP contribution in [-0.2, 0) is 9.53 Å². The van der Waals surface area contributed by atoms with Crippen LogP contribution in [0.5, 0.6) is 5.75 Å². The first kappa shape index (κ1) is 14.8. The van der Waals surface area contributed by atoms with Crippen LogP contribution in [0.1, 0.15) is 25.8 Å². The van der Waals surface area contributed by atoms with Crippen molar-refractivity contribution in [3.63, 3.8) is 0 Å². The van der Waals surface area contributed by atoms with E-state index in [0.717, 1.165) is 11.3 Å². The second-order valence-electron chi connectivity index (χ2n) is 4.07. The van der Waals surface area contributed by atoms with Crippen LogP contribution in [0.25, 0.3) is 6.08 Å². The molecule has 1 atom stereocenters. The van der Waals surface area contributed by atoms with Crippen LogP contribution in [0.15, 0.2) is 29.8 Å². The van der Waals surface area contributed by atoms with E-state index >= 15 is 0 Å². The number of nitrogens with zero attached hydrogens (tertiary/aromatic N) is 1. The van der Waals surface area contributed by atoms with Crippen LogP contribution in [0.4, 0.5) is 0 Å². The van der Waals surface area contributed by atoms with Crippen LogP contribution >= 0.6 is 0 Å². The van der Waals surface area contributed by atoms with Crippen molar-refractivity contribution >= 4 is 12.0 Å². The van der Waals surface area contributed by atoms with Crippen LogP contribution < -0.4 is 4.74 Å². The molecule has 0 aromatic heterocycles. The molecule has 0 amide bonds. The molecule has 19 heavy (non-hydrogen) atoms. The number of hydrogen-bond donors (Lipinski definition) is 0. The van der Waals surface area contributed by atoms with Crippen molar-refractivity contribution in [3.05, 3.63) is 35.4 Å². The summed E-state index contributed by atoms with van der Waals surface area (Å²) in [5.41, 5.74) is 0.740. The van der Waals surface area contributed by atoms with Gasteiger partial charge in [-0.25, -0.2) is 4.79 Å². The molecule has 0 saturated heterocycles. The van der Waals surface area contributed by atoms with Gasteiger partial charge in [-0.15, -0.1) is 0 Å². The fraction of sp³-hybridized carbons (Fsp3) is 0.333. The molecule has 0 saturated carbocycles. The maximum Gasteiger partial charge on any atom is 0.349 e. The number of benzene rings is 1. The Kier molecular flexibility index (Phi) is 5.62. The van der Waals surface area contributed by atoms with Gasteiger partial charge < -0.3 is 9.47 Å². The summed E-state index contributed by atoms with van der Waals surface area (Å²) in [6, 6.07) is 8.93. The summed E-state index contributed by atoms with van der Waals surface area (Å²) in [5, 5.41) is 9.00. The zero-order valence-corrected chi connectivity index (χ0v) is 11.3. The lowest BCUT2D eigenvalue weighted by molar-refractivity contribution is -0.142. The number of hydrogen-bond acceptors (Lipinski definition) is 4. The molecule has 1 aromatic rings. The number of methoxy groups -OCH3 is 1. The van der Waals surface area contributed by atoms with Crippen LogP contribution in [-0.4, -0.2) is 19.2 Å². The highest BCUT2D eigenvalue weighted by Gasteiger charge is 2.13. The summed E-state index contributed by atoms with van der Waals surface area (Å²) in [4.78, 5) is 11.7. The molecule has 0 fully saturated rings. The van der Waals surface area contributed by atoms with Crippen molar-refractivity contribution in [2.24, 2.45) is 0 Å². The number of ether oxygens (including phenoxy) is 2. The molecular weight excluding hydrogens is 242 g/mol. The Morgan fingerprint density at radius 3 is 2.53 bits per heavy atom. The van der Waals surface area contributed by atoms with Crippen LogP contribution in [0, 0.1) is 11.3 Å². The molecule has 4 nitrogen and oxygen atoms in total. The summed E-state index contributed by atoms with van der Waals surface area (Å²) < 4.78 is 10.2. The third-order valence-electron chi connectivity index (χ3n) is 2.65. The van der Waals surface area contributed by atoms with E-state index < -0.39 is 5.97 Å². The lowest BCUT2D eigenvalue weighted by Gasteiger charge is -2.09. The van der Waals surface area contributed by atoms with Gasteiger partial charge in [0, 0.05) is 0 Å². The largest absolute Gasteiger partial charge is 0.497 e. The number of nitriles is 1. The fourth-order valence-electron chi connectivity index (χ4n) is 1.33. The minimum atomic E-state index is -0.590. The molecule has 100 valence electrons. The first-order valence-electron chi connectivity index (χ1n) is 6.07. The van der Waals surface area contributed by atoms with E-state index in [-0.39, 0.29) is 11.7 Å². The second-order valence-corrected chi connectivity index (χ2v) is 4.07. The molecule has 0 aliphatic rings. The zero-order valence-electron chi connectivity index (χ0n) is 11.3. The zero-order chi connectivity index (χ0) is 14.3. The molecule has 4 heteroatoms. The number of esters is 1. The van der Waals surface area contributed by atoms with Crippen molar-refractivity contribution < 1.29 is 14.3 Å². The van der Waals surface area contributed by atoms with E-state index in [0.29, 0.717) is 6.42 Å². The topological polar surface area (TPSA) is 59.3 Å². The van der Waals surface area contributed by atoms with E-state index in [2.05, 4.69) is 0 Å². The van der Waals surface area contributed by atoms with Crippen molar-refractivity contribution in [3.8, 4) is 11.8 Å². The van der Waals surface area contributed by atoms with Gasteiger partial charge in [0.05, 0.1) is 13.2 Å². The monoisotopic (exact) mass is 259 g/mol. The first-order valence-corrected chi connectivity index (χ1v) is 6.07. The van der Waals surface area contributed by atoms with Crippen LogP contribution in [0.2, 0.25) is 0 Å². The average molecular weight is 259 g/mol. The molecule has 1 aromatic carbocycles. The van der Waals surface area contributed by atoms with Gasteiger partial charge in [-0.1, -0.05) is 19.1 Å². The molecular formula is C15H17NO3. The molecule has 0 N–H and O–H groups in total. The van der Waals surface area contributed by atoms with Crippen molar-refractivity contribution in [2.75, 3.05) is 7.11 Å². The number of carbonyl (C=O) groups is 1. The molecule has 0 radical (unpaired) electrons. The van der Waals surface area contributed by atoms with Gasteiger partial charge in [-0.05, 0) is 37.1 Å². The minimum absolute atomic E-state index is 0.00883. The molecule has 0 aliphatic carbocycles. The number of carbonyl (C=O) groups excluding carboxylic acids is 1. The Hall–Kier alpha value is -2.28. The minimum Gasteiger partial charge on any atom is -0.497 e. The maximum absolute atomic E-state index is 11.7. The molecule has 0 spiro atoms. The lowest BCUT2D eigenvalue weighted by Crippen LogP contribution is -2.15. The summed E-state index contributed by atoms with van der Waals surface area (Å²) in [6.45, 7) is 3.71. The predicted octanol–water partition coefficient (Wildman–Crippen LogP) is 2.94. The highest BCUT2D eigenvalue weighted by atomic mass is 16.5. The predicted molar refractivity (Wildman–Crippen MR) is 72.4 cm³/mol. The normalized spacial score (nSPS) is 12.4. The Morgan fingerprint density at radius 1 is 1.42 bits per heavy atom. The molecule has 0 bridgehead atoms. The molecule has 1 unspecified atom stereocenters. The standard InChI is InChI=1S/C15H17NO3/c1-4-11(2)19-15(17)13(10-16)9-12-5-7-14(18-3)8-6-12/h5-9,11H,4H2,1-3H3/b13-9+. The van der Waals surface area contributed by atoms with Crippen molar-refractivity contribution in [1.82, 2.24) is 0 Å². The molecule has 1 rings (SSSR count). The summed E-state index contributed by atoms with van der Waals surface area (Å²) in [7, 11) is 1.58. The van der Waals surface area contributed by atoms with Crippen molar-refractivity contribution in [1.29, 1.82) is 5.26 Å². The van der Waals surface area contributed by atoms with Gasteiger partial charge >= 0.3 is 5.97 Å². The highest BCUT2D eigenvalue weighted by molar-refractivity contribution is 5.97. The highest BCUT2D eigenvalue weighted by Crippen LogP contribution is 2.14. The first-order chi connectivity index (χ1) is 9.10. The Labute approximate surface area is 113 Å². The van der Waals surface area contributed by atoms with Gasteiger partial charge in [-0.2, -0.15) is 5.26 Å². The summed E-state index contributed by atoms with van der Waals surface area (Å²) in [5.74, 6) is 0.130. The smallest absolute Gasteiger partial charge is 0.349 e. The summed E-state index contributed by atoms with van der Waals surface area (Å²) in [6.07, 6.45) is 2.03. The average Bonchev–Trinajstić information content (AvgIpc) is 2.44. The van der Waals surface area contributed by atoms with Gasteiger partial charge in [-0.3, -0.25) is 0 Å². The van der Waals surface area contributed by atoms with Gasteiger partial charge in [0.15, 0.2) is 0 Å². The Bertz CT molecular complexity index is 497. The van der Waals surface area contributed by atoms with Gasteiger partial charge in [0.25, 0.3) is 0 Å². The van der Waals surface area contributed by atoms with E-state index in [1.807, 2.05) is 13.0 Å². The fourth-order valence-corrected chi connectivity index (χ4v) is 1.33. The maximum atomic E-state index is 11.7. The van der Waals surface area contributed by atoms with E-state index in [1.165, 1.54) is 6.08 Å². The molecule has 0 heterocycles. The van der Waals surface area contributed by atoms with E-state index in [9.17, 15) is 4.79 Å². The lowest BCUT2D eigenvalue weighted by atomic mass is 10.1. The third-order valence-corrected chi connectivity index (χ3v) is 2.65. The number of rotatable bonds is 5. The Balaban J connectivity index is 2.86. The summed E-state index contributed by atoms with van der Waals surface area (Å²) >= 11 is 0. The van der Waals surface area contributed by atoms with E-state index in [4.69, 9.17) is 14.7 Å². The van der Waals surface area contributed by atoms with Gasteiger partial charge in [0.1, 0.15) is 17.4 Å². The quantitative estimate of drug-likeness (QED) is 0.463. The second kappa shape index (κ2) is 7.22. The Morgan fingerprint density at radius 2 is 2.05 bits per heavy atom. The van der Waals surface area contributed by atoms with Crippen LogP contribution in [0.3, 0.4) is 0 Å². The third kappa shape index (κ3) is 4.47. The SMILES string of the molecule is CCC(C)OC(=O)/C(C#N)=C/c1ccc(OC)cc1.